The molecule has 0 heterocycles. The first-order chi connectivity index (χ1) is 9.06. The Morgan fingerprint density at radius 2 is 2.05 bits per heavy atom. The van der Waals surface area contributed by atoms with Crippen LogP contribution in [0.1, 0.15) is 24.1 Å². The topological polar surface area (TPSA) is 35.2 Å². The van der Waals surface area contributed by atoms with E-state index in [0.29, 0.717) is 6.61 Å². The second kappa shape index (κ2) is 6.42. The summed E-state index contributed by atoms with van der Waals surface area (Å²) in [6.07, 6.45) is 0. The van der Waals surface area contributed by atoms with Crippen LogP contribution in [0.15, 0.2) is 46.9 Å². The summed E-state index contributed by atoms with van der Waals surface area (Å²) in [4.78, 5) is 0. The third-order valence-electron chi connectivity index (χ3n) is 2.76. The van der Waals surface area contributed by atoms with Crippen molar-refractivity contribution in [2.24, 2.45) is 5.73 Å². The molecule has 0 radical (unpaired) electrons. The van der Waals surface area contributed by atoms with Gasteiger partial charge in [-0.3, -0.25) is 0 Å². The molecule has 0 aliphatic carbocycles. The number of ether oxygens (including phenoxy) is 1. The summed E-state index contributed by atoms with van der Waals surface area (Å²) in [5.41, 5.74) is 7.97. The van der Waals surface area contributed by atoms with Gasteiger partial charge < -0.3 is 10.5 Å². The highest BCUT2D eigenvalue weighted by atomic mass is 79.9. The number of benzene rings is 2. The molecule has 0 unspecified atom stereocenters. The lowest BCUT2D eigenvalue weighted by molar-refractivity contribution is 0.306. The summed E-state index contributed by atoms with van der Waals surface area (Å²) in [5, 5.41) is 0.717. The number of hydrogen-bond acceptors (Lipinski definition) is 2. The van der Waals surface area contributed by atoms with Crippen LogP contribution in [0, 0.1) is 0 Å². The number of hydrogen-bond donors (Lipinski definition) is 1. The van der Waals surface area contributed by atoms with Gasteiger partial charge >= 0.3 is 0 Å². The van der Waals surface area contributed by atoms with Crippen LogP contribution in [0.3, 0.4) is 0 Å². The molecule has 0 spiro atoms. The molecule has 0 saturated heterocycles. The lowest BCUT2D eigenvalue weighted by atomic mass is 10.1. The fourth-order valence-electron chi connectivity index (χ4n) is 1.76. The molecule has 2 aromatic rings. The minimum Gasteiger partial charge on any atom is -0.489 e. The molecule has 2 rings (SSSR count). The molecule has 0 saturated carbocycles. The summed E-state index contributed by atoms with van der Waals surface area (Å²) in [6, 6.07) is 13.5. The van der Waals surface area contributed by atoms with Crippen LogP contribution in [-0.4, -0.2) is 0 Å². The van der Waals surface area contributed by atoms with Gasteiger partial charge in [-0.1, -0.05) is 45.7 Å². The molecule has 4 heteroatoms. The third-order valence-corrected chi connectivity index (χ3v) is 3.68. The maximum absolute atomic E-state index is 5.93. The van der Waals surface area contributed by atoms with Crippen LogP contribution in [0.25, 0.3) is 0 Å². The van der Waals surface area contributed by atoms with Crippen LogP contribution >= 0.6 is 27.5 Å². The van der Waals surface area contributed by atoms with E-state index in [1.54, 1.807) is 0 Å². The SMILES string of the molecule is C[C@H](N)c1ccc(OCc2cccc(Cl)c2)cc1Br. The Labute approximate surface area is 126 Å². The number of halogens is 2. The van der Waals surface area contributed by atoms with E-state index in [1.807, 2.05) is 49.4 Å². The van der Waals surface area contributed by atoms with Gasteiger partial charge in [0.25, 0.3) is 0 Å². The molecule has 0 aromatic heterocycles. The molecule has 0 aliphatic heterocycles. The van der Waals surface area contributed by atoms with Gasteiger partial charge in [0.1, 0.15) is 12.4 Å². The standard InChI is InChI=1S/C15H15BrClNO/c1-10(18)14-6-5-13(8-15(14)16)19-9-11-3-2-4-12(17)7-11/h2-8,10H,9,18H2,1H3/t10-/m0/s1. The van der Waals surface area contributed by atoms with E-state index in [9.17, 15) is 0 Å². The lowest BCUT2D eigenvalue weighted by Gasteiger charge is -2.11. The van der Waals surface area contributed by atoms with E-state index in [4.69, 9.17) is 22.1 Å². The summed E-state index contributed by atoms with van der Waals surface area (Å²) in [7, 11) is 0. The van der Waals surface area contributed by atoms with Crippen LogP contribution in [0.5, 0.6) is 5.75 Å². The minimum atomic E-state index is -0.00338. The van der Waals surface area contributed by atoms with Crippen molar-refractivity contribution in [3.8, 4) is 5.75 Å². The van der Waals surface area contributed by atoms with Crippen LogP contribution in [0.2, 0.25) is 5.02 Å². The highest BCUT2D eigenvalue weighted by molar-refractivity contribution is 9.10. The zero-order valence-electron chi connectivity index (χ0n) is 10.6. The monoisotopic (exact) mass is 339 g/mol. The van der Waals surface area contributed by atoms with E-state index >= 15 is 0 Å². The van der Waals surface area contributed by atoms with E-state index in [0.717, 1.165) is 26.4 Å². The van der Waals surface area contributed by atoms with Gasteiger partial charge in [-0.15, -0.1) is 0 Å². The van der Waals surface area contributed by atoms with Crippen LogP contribution in [-0.2, 0) is 6.61 Å². The summed E-state index contributed by atoms with van der Waals surface area (Å²) >= 11 is 9.43. The van der Waals surface area contributed by atoms with Gasteiger partial charge in [0.15, 0.2) is 0 Å². The average Bonchev–Trinajstić information content (AvgIpc) is 2.36. The van der Waals surface area contributed by atoms with Crippen molar-refractivity contribution in [1.29, 1.82) is 0 Å². The molecule has 19 heavy (non-hydrogen) atoms. The van der Waals surface area contributed by atoms with Crippen molar-refractivity contribution in [2.45, 2.75) is 19.6 Å². The van der Waals surface area contributed by atoms with Gasteiger partial charge in [0.05, 0.1) is 0 Å². The maximum atomic E-state index is 5.93. The molecule has 1 atom stereocenters. The van der Waals surface area contributed by atoms with Gasteiger partial charge in [-0.2, -0.15) is 0 Å². The fraction of sp³-hybridized carbons (Fsp3) is 0.200. The first-order valence-electron chi connectivity index (χ1n) is 5.98. The average molecular weight is 341 g/mol. The molecule has 0 aliphatic rings. The second-order valence-electron chi connectivity index (χ2n) is 4.39. The zero-order valence-corrected chi connectivity index (χ0v) is 12.9. The molecule has 0 amide bonds. The summed E-state index contributed by atoms with van der Waals surface area (Å²) in [5.74, 6) is 0.802. The molecule has 0 bridgehead atoms. The van der Waals surface area contributed by atoms with Crippen molar-refractivity contribution >= 4 is 27.5 Å². The van der Waals surface area contributed by atoms with Gasteiger partial charge in [-0.25, -0.2) is 0 Å². The Bertz CT molecular complexity index is 572. The van der Waals surface area contributed by atoms with E-state index in [-0.39, 0.29) is 6.04 Å². The van der Waals surface area contributed by atoms with Gasteiger partial charge in [-0.05, 0) is 42.3 Å². The fourth-order valence-corrected chi connectivity index (χ4v) is 2.69. The number of rotatable bonds is 4. The predicted molar refractivity (Wildman–Crippen MR) is 82.5 cm³/mol. The Hall–Kier alpha value is -1.03. The quantitative estimate of drug-likeness (QED) is 0.875. The molecule has 2 aromatic carbocycles. The van der Waals surface area contributed by atoms with E-state index < -0.39 is 0 Å². The van der Waals surface area contributed by atoms with E-state index in [2.05, 4.69) is 15.9 Å². The van der Waals surface area contributed by atoms with Crippen LogP contribution in [0.4, 0.5) is 0 Å². The normalized spacial score (nSPS) is 12.2. The van der Waals surface area contributed by atoms with Gasteiger partial charge in [0.2, 0.25) is 0 Å². The Morgan fingerprint density at radius 1 is 1.26 bits per heavy atom. The van der Waals surface area contributed by atoms with Crippen molar-refractivity contribution in [2.75, 3.05) is 0 Å². The molecule has 2 N–H and O–H groups in total. The van der Waals surface area contributed by atoms with Gasteiger partial charge in [0, 0.05) is 15.5 Å². The predicted octanol–water partition coefficient (Wildman–Crippen LogP) is 4.70. The van der Waals surface area contributed by atoms with E-state index in [1.165, 1.54) is 0 Å². The third kappa shape index (κ3) is 3.96. The second-order valence-corrected chi connectivity index (χ2v) is 5.68. The Kier molecular flexibility index (Phi) is 4.86. The first kappa shape index (κ1) is 14.4. The molecule has 100 valence electrons. The smallest absolute Gasteiger partial charge is 0.120 e. The van der Waals surface area contributed by atoms with Crippen molar-refractivity contribution < 1.29 is 4.74 Å². The highest BCUT2D eigenvalue weighted by Gasteiger charge is 2.06. The molecule has 0 fully saturated rings. The largest absolute Gasteiger partial charge is 0.489 e. The van der Waals surface area contributed by atoms with Crippen molar-refractivity contribution in [1.82, 2.24) is 0 Å². The van der Waals surface area contributed by atoms with Crippen molar-refractivity contribution in [3.05, 3.63) is 63.1 Å². The summed E-state index contributed by atoms with van der Waals surface area (Å²) < 4.78 is 6.70. The molecular formula is C15H15BrClNO. The lowest BCUT2D eigenvalue weighted by Crippen LogP contribution is -2.05. The zero-order chi connectivity index (χ0) is 13.8. The van der Waals surface area contributed by atoms with Crippen molar-refractivity contribution in [3.63, 3.8) is 0 Å². The molecule has 2 nitrogen and oxygen atoms in total. The molecular weight excluding hydrogens is 326 g/mol. The maximum Gasteiger partial charge on any atom is 0.120 e. The first-order valence-corrected chi connectivity index (χ1v) is 7.15. The highest BCUT2D eigenvalue weighted by Crippen LogP contribution is 2.27. The van der Waals surface area contributed by atoms with Crippen LogP contribution < -0.4 is 10.5 Å². The summed E-state index contributed by atoms with van der Waals surface area (Å²) in [6.45, 7) is 2.44. The Balaban J connectivity index is 2.06. The Morgan fingerprint density at radius 3 is 2.68 bits per heavy atom. The minimum absolute atomic E-state index is 0.00338. The number of nitrogens with two attached hydrogens (primary N) is 1.